The van der Waals surface area contributed by atoms with Crippen molar-refractivity contribution >= 4 is 29.2 Å². The first-order valence-corrected chi connectivity index (χ1v) is 7.76. The van der Waals surface area contributed by atoms with Crippen LogP contribution in [-0.4, -0.2) is 25.5 Å². The standard InChI is InChI=1S/C16H12Cl2N4O2/c1-10-19-8-7-12(20-10)15(23)24-9-13-14(17)21-16(18)22(13)11-5-3-2-4-6-11/h2-8H,9H2,1H3. The fourth-order valence-corrected chi connectivity index (χ4v) is 2.69. The highest BCUT2D eigenvalue weighted by atomic mass is 35.5. The molecule has 0 bridgehead atoms. The quantitative estimate of drug-likeness (QED) is 0.662. The number of para-hydroxylation sites is 1. The maximum atomic E-state index is 12.1. The molecule has 0 saturated carbocycles. The predicted molar refractivity (Wildman–Crippen MR) is 89.5 cm³/mol. The second-order valence-electron chi connectivity index (χ2n) is 4.85. The molecule has 0 aliphatic carbocycles. The average Bonchev–Trinajstić information content (AvgIpc) is 2.87. The summed E-state index contributed by atoms with van der Waals surface area (Å²) in [6.45, 7) is 1.60. The Morgan fingerprint density at radius 1 is 1.17 bits per heavy atom. The fraction of sp³-hybridized carbons (Fsp3) is 0.125. The molecule has 1 aromatic carbocycles. The number of esters is 1. The Morgan fingerprint density at radius 3 is 2.62 bits per heavy atom. The van der Waals surface area contributed by atoms with E-state index in [1.54, 1.807) is 11.5 Å². The van der Waals surface area contributed by atoms with Crippen LogP contribution in [0, 0.1) is 6.92 Å². The molecule has 0 atom stereocenters. The lowest BCUT2D eigenvalue weighted by atomic mass is 10.3. The third-order valence-corrected chi connectivity index (χ3v) is 3.78. The lowest BCUT2D eigenvalue weighted by Crippen LogP contribution is -2.11. The smallest absolute Gasteiger partial charge is 0.357 e. The van der Waals surface area contributed by atoms with E-state index < -0.39 is 5.97 Å². The normalized spacial score (nSPS) is 10.6. The summed E-state index contributed by atoms with van der Waals surface area (Å²) in [5, 5.41) is 0.366. The zero-order valence-corrected chi connectivity index (χ0v) is 14.1. The first-order valence-electron chi connectivity index (χ1n) is 7.01. The van der Waals surface area contributed by atoms with Gasteiger partial charge in [0.25, 0.3) is 0 Å². The van der Waals surface area contributed by atoms with Gasteiger partial charge < -0.3 is 4.74 Å². The van der Waals surface area contributed by atoms with E-state index in [0.29, 0.717) is 11.5 Å². The van der Waals surface area contributed by atoms with Crippen molar-refractivity contribution in [3.05, 3.63) is 70.2 Å². The van der Waals surface area contributed by atoms with Crippen molar-refractivity contribution in [1.29, 1.82) is 0 Å². The number of benzene rings is 1. The number of imidazole rings is 1. The molecule has 0 saturated heterocycles. The number of hydrogen-bond donors (Lipinski definition) is 0. The average molecular weight is 363 g/mol. The molecule has 122 valence electrons. The van der Waals surface area contributed by atoms with Gasteiger partial charge in [-0.25, -0.2) is 19.7 Å². The van der Waals surface area contributed by atoms with Crippen LogP contribution in [0.3, 0.4) is 0 Å². The van der Waals surface area contributed by atoms with Crippen LogP contribution in [0.25, 0.3) is 5.69 Å². The number of aryl methyl sites for hydroxylation is 1. The molecule has 0 amide bonds. The van der Waals surface area contributed by atoms with E-state index in [2.05, 4.69) is 15.0 Å². The highest BCUT2D eigenvalue weighted by Gasteiger charge is 2.18. The van der Waals surface area contributed by atoms with Crippen molar-refractivity contribution < 1.29 is 9.53 Å². The Hall–Kier alpha value is -2.44. The number of carbonyl (C=O) groups excluding carboxylic acids is 1. The number of hydrogen-bond acceptors (Lipinski definition) is 5. The summed E-state index contributed by atoms with van der Waals surface area (Å²) in [6.07, 6.45) is 1.50. The van der Waals surface area contributed by atoms with Crippen LogP contribution in [0.4, 0.5) is 0 Å². The van der Waals surface area contributed by atoms with Crippen LogP contribution < -0.4 is 0 Å². The number of carbonyl (C=O) groups is 1. The molecule has 0 fully saturated rings. The highest BCUT2D eigenvalue weighted by molar-refractivity contribution is 6.33. The van der Waals surface area contributed by atoms with Gasteiger partial charge in [-0.2, -0.15) is 0 Å². The second-order valence-corrected chi connectivity index (χ2v) is 5.55. The van der Waals surface area contributed by atoms with Crippen LogP contribution in [0.2, 0.25) is 10.4 Å². The molecule has 0 unspecified atom stereocenters. The van der Waals surface area contributed by atoms with E-state index in [4.69, 9.17) is 27.9 Å². The van der Waals surface area contributed by atoms with Gasteiger partial charge >= 0.3 is 5.97 Å². The molecule has 8 heteroatoms. The highest BCUT2D eigenvalue weighted by Crippen LogP contribution is 2.26. The van der Waals surface area contributed by atoms with E-state index in [0.717, 1.165) is 5.69 Å². The van der Waals surface area contributed by atoms with Gasteiger partial charge in [0.1, 0.15) is 18.1 Å². The van der Waals surface area contributed by atoms with Crippen LogP contribution in [-0.2, 0) is 11.3 Å². The minimum Gasteiger partial charge on any atom is -0.454 e. The maximum Gasteiger partial charge on any atom is 0.357 e. The SMILES string of the molecule is Cc1nccc(C(=O)OCc2c(Cl)nc(Cl)n2-c2ccccc2)n1. The predicted octanol–water partition coefficient (Wildman–Crippen LogP) is 3.63. The van der Waals surface area contributed by atoms with Crippen LogP contribution in [0.5, 0.6) is 0 Å². The molecular formula is C16H12Cl2N4O2. The van der Waals surface area contributed by atoms with Gasteiger partial charge in [-0.15, -0.1) is 0 Å². The Morgan fingerprint density at radius 2 is 1.92 bits per heavy atom. The first-order chi connectivity index (χ1) is 11.6. The Balaban J connectivity index is 1.85. The molecule has 2 heterocycles. The third-order valence-electron chi connectivity index (χ3n) is 3.22. The number of ether oxygens (including phenoxy) is 1. The molecular weight excluding hydrogens is 351 g/mol. The summed E-state index contributed by atoms with van der Waals surface area (Å²) in [5.74, 6) is -0.0895. The summed E-state index contributed by atoms with van der Waals surface area (Å²) in [7, 11) is 0. The maximum absolute atomic E-state index is 12.1. The van der Waals surface area contributed by atoms with Crippen LogP contribution in [0.15, 0.2) is 42.6 Å². The number of halogens is 2. The summed E-state index contributed by atoms with van der Waals surface area (Å²) >= 11 is 12.3. The summed E-state index contributed by atoms with van der Waals surface area (Å²) < 4.78 is 6.92. The Labute approximate surface area is 148 Å². The molecule has 0 spiro atoms. The van der Waals surface area contributed by atoms with Crippen molar-refractivity contribution in [3.63, 3.8) is 0 Å². The molecule has 24 heavy (non-hydrogen) atoms. The fourth-order valence-electron chi connectivity index (χ4n) is 2.14. The van der Waals surface area contributed by atoms with Crippen molar-refractivity contribution in [3.8, 4) is 5.69 Å². The lowest BCUT2D eigenvalue weighted by molar-refractivity contribution is 0.0458. The largest absolute Gasteiger partial charge is 0.454 e. The van der Waals surface area contributed by atoms with Gasteiger partial charge in [-0.05, 0) is 36.7 Å². The van der Waals surface area contributed by atoms with E-state index in [9.17, 15) is 4.79 Å². The van der Waals surface area contributed by atoms with Gasteiger partial charge in [-0.1, -0.05) is 29.8 Å². The topological polar surface area (TPSA) is 69.9 Å². The van der Waals surface area contributed by atoms with E-state index in [-0.39, 0.29) is 22.7 Å². The van der Waals surface area contributed by atoms with E-state index in [1.165, 1.54) is 12.3 Å². The number of rotatable bonds is 4. The molecule has 0 radical (unpaired) electrons. The molecule has 0 aliphatic rings. The van der Waals surface area contributed by atoms with Crippen molar-refractivity contribution in [2.24, 2.45) is 0 Å². The first kappa shape index (κ1) is 16.4. The Kier molecular flexibility index (Phi) is 4.78. The van der Waals surface area contributed by atoms with Crippen molar-refractivity contribution in [1.82, 2.24) is 19.5 Å². The molecule has 0 aliphatic heterocycles. The van der Waals surface area contributed by atoms with Gasteiger partial charge in [0, 0.05) is 11.9 Å². The summed E-state index contributed by atoms with van der Waals surface area (Å²) in [4.78, 5) is 24.1. The van der Waals surface area contributed by atoms with E-state index in [1.807, 2.05) is 30.3 Å². The van der Waals surface area contributed by atoms with Gasteiger partial charge in [0.15, 0.2) is 10.8 Å². The van der Waals surface area contributed by atoms with Crippen LogP contribution >= 0.6 is 23.2 Å². The minimum atomic E-state index is -0.575. The van der Waals surface area contributed by atoms with Gasteiger partial charge in [0.2, 0.25) is 5.28 Å². The Bertz CT molecular complexity index is 881. The molecule has 3 aromatic rings. The number of nitrogens with zero attached hydrogens (tertiary/aromatic N) is 4. The van der Waals surface area contributed by atoms with Crippen LogP contribution in [0.1, 0.15) is 22.0 Å². The van der Waals surface area contributed by atoms with Gasteiger partial charge in [-0.3, -0.25) is 4.57 Å². The minimum absolute atomic E-state index is 0.0880. The van der Waals surface area contributed by atoms with Crippen molar-refractivity contribution in [2.75, 3.05) is 0 Å². The second kappa shape index (κ2) is 6.98. The molecule has 0 N–H and O–H groups in total. The third kappa shape index (κ3) is 3.39. The molecule has 2 aromatic heterocycles. The number of aromatic nitrogens is 4. The monoisotopic (exact) mass is 362 g/mol. The molecule has 6 nitrogen and oxygen atoms in total. The summed E-state index contributed by atoms with van der Waals surface area (Å²) in [5.41, 5.74) is 1.42. The van der Waals surface area contributed by atoms with E-state index >= 15 is 0 Å². The zero-order chi connectivity index (χ0) is 17.1. The summed E-state index contributed by atoms with van der Waals surface area (Å²) in [6, 6.07) is 10.8. The van der Waals surface area contributed by atoms with Gasteiger partial charge in [0.05, 0.1) is 0 Å². The zero-order valence-electron chi connectivity index (χ0n) is 12.6. The lowest BCUT2D eigenvalue weighted by Gasteiger charge is -2.10. The molecule has 3 rings (SSSR count). The van der Waals surface area contributed by atoms with Crippen molar-refractivity contribution in [2.45, 2.75) is 13.5 Å².